The summed E-state index contributed by atoms with van der Waals surface area (Å²) in [6.07, 6.45) is 20.3. The predicted molar refractivity (Wildman–Crippen MR) is 137 cm³/mol. The first-order chi connectivity index (χ1) is 14.4. The van der Waals surface area contributed by atoms with E-state index < -0.39 is 5.60 Å². The van der Waals surface area contributed by atoms with Crippen LogP contribution in [0.4, 0.5) is 0 Å². The average molecular weight is 429 g/mol. The SMILES string of the molecule is CC(C)=CCCC(C)=CCCC(C)=CCCC1C(C)(O)CCC2C(C)(C)CCCC21C. The normalized spacial score (nSPS) is 33.7. The van der Waals surface area contributed by atoms with E-state index in [-0.39, 0.29) is 5.41 Å². The molecule has 2 aliphatic rings. The molecular weight excluding hydrogens is 376 g/mol. The van der Waals surface area contributed by atoms with Crippen molar-refractivity contribution < 1.29 is 5.11 Å². The molecule has 1 nitrogen and oxygen atoms in total. The predicted octanol–water partition coefficient (Wildman–Crippen LogP) is 9.18. The molecule has 0 aromatic carbocycles. The van der Waals surface area contributed by atoms with Gasteiger partial charge in [0.2, 0.25) is 0 Å². The van der Waals surface area contributed by atoms with Gasteiger partial charge in [0.1, 0.15) is 0 Å². The summed E-state index contributed by atoms with van der Waals surface area (Å²) in [5.41, 5.74) is 4.64. The Labute approximate surface area is 194 Å². The first kappa shape index (κ1) is 26.4. The molecule has 0 amide bonds. The van der Waals surface area contributed by atoms with E-state index in [9.17, 15) is 5.11 Å². The third-order valence-electron chi connectivity index (χ3n) is 8.83. The van der Waals surface area contributed by atoms with Gasteiger partial charge in [0, 0.05) is 0 Å². The van der Waals surface area contributed by atoms with Crippen LogP contribution in [0.2, 0.25) is 0 Å². The maximum atomic E-state index is 11.3. The van der Waals surface area contributed by atoms with Crippen LogP contribution in [0.3, 0.4) is 0 Å². The van der Waals surface area contributed by atoms with Crippen molar-refractivity contribution in [2.24, 2.45) is 22.7 Å². The fourth-order valence-electron chi connectivity index (χ4n) is 7.10. The van der Waals surface area contributed by atoms with Gasteiger partial charge in [-0.2, -0.15) is 0 Å². The Balaban J connectivity index is 1.91. The van der Waals surface area contributed by atoms with Gasteiger partial charge in [-0.25, -0.2) is 0 Å². The van der Waals surface area contributed by atoms with E-state index in [1.165, 1.54) is 48.8 Å². The summed E-state index contributed by atoms with van der Waals surface area (Å²) in [6.45, 7) is 18.5. The van der Waals surface area contributed by atoms with E-state index in [1.54, 1.807) is 0 Å². The number of hydrogen-bond acceptors (Lipinski definition) is 1. The van der Waals surface area contributed by atoms with Gasteiger partial charge in [-0.05, 0) is 121 Å². The molecule has 2 rings (SSSR count). The molecule has 2 aliphatic carbocycles. The Bertz CT molecular complexity index is 671. The van der Waals surface area contributed by atoms with Gasteiger partial charge in [0.25, 0.3) is 0 Å². The van der Waals surface area contributed by atoms with Gasteiger partial charge < -0.3 is 5.11 Å². The Morgan fingerprint density at radius 3 is 2.00 bits per heavy atom. The van der Waals surface area contributed by atoms with Crippen LogP contribution < -0.4 is 0 Å². The zero-order chi connectivity index (χ0) is 23.3. The summed E-state index contributed by atoms with van der Waals surface area (Å²) in [6, 6.07) is 0. The molecule has 0 aromatic rings. The van der Waals surface area contributed by atoms with Crippen LogP contribution in [0.1, 0.15) is 126 Å². The van der Waals surface area contributed by atoms with Crippen LogP contribution in [0.25, 0.3) is 0 Å². The average Bonchev–Trinajstić information content (AvgIpc) is 2.62. The minimum Gasteiger partial charge on any atom is -0.390 e. The highest BCUT2D eigenvalue weighted by Gasteiger charge is 2.57. The quantitative estimate of drug-likeness (QED) is 0.363. The maximum absolute atomic E-state index is 11.3. The monoisotopic (exact) mass is 428 g/mol. The van der Waals surface area contributed by atoms with E-state index >= 15 is 0 Å². The molecule has 4 atom stereocenters. The lowest BCUT2D eigenvalue weighted by molar-refractivity contribution is -0.168. The first-order valence-corrected chi connectivity index (χ1v) is 13.1. The fourth-order valence-corrected chi connectivity index (χ4v) is 7.10. The topological polar surface area (TPSA) is 20.2 Å². The van der Waals surface area contributed by atoms with E-state index in [1.807, 2.05) is 0 Å². The maximum Gasteiger partial charge on any atom is 0.0653 e. The van der Waals surface area contributed by atoms with Gasteiger partial charge in [-0.3, -0.25) is 0 Å². The molecule has 0 bridgehead atoms. The molecule has 0 saturated heterocycles. The molecule has 2 saturated carbocycles. The first-order valence-electron chi connectivity index (χ1n) is 13.1. The highest BCUT2D eigenvalue weighted by molar-refractivity contribution is 5.09. The van der Waals surface area contributed by atoms with Crippen molar-refractivity contribution in [3.05, 3.63) is 34.9 Å². The van der Waals surface area contributed by atoms with Gasteiger partial charge in [0.05, 0.1) is 5.60 Å². The summed E-state index contributed by atoms with van der Waals surface area (Å²) in [4.78, 5) is 0. The smallest absolute Gasteiger partial charge is 0.0653 e. The second-order valence-electron chi connectivity index (χ2n) is 12.4. The van der Waals surface area contributed by atoms with Crippen LogP contribution in [-0.2, 0) is 0 Å². The molecule has 31 heavy (non-hydrogen) atoms. The zero-order valence-electron chi connectivity index (χ0n) is 22.1. The second-order valence-corrected chi connectivity index (χ2v) is 12.4. The fraction of sp³-hybridized carbons (Fsp3) is 0.800. The van der Waals surface area contributed by atoms with Crippen molar-refractivity contribution in [2.75, 3.05) is 0 Å². The van der Waals surface area contributed by atoms with Crippen molar-refractivity contribution >= 4 is 0 Å². The molecule has 1 heteroatoms. The summed E-state index contributed by atoms with van der Waals surface area (Å²) in [5.74, 6) is 1.17. The van der Waals surface area contributed by atoms with E-state index in [0.29, 0.717) is 11.3 Å². The van der Waals surface area contributed by atoms with Crippen LogP contribution >= 0.6 is 0 Å². The molecule has 0 radical (unpaired) electrons. The van der Waals surface area contributed by atoms with Crippen molar-refractivity contribution in [3.8, 4) is 0 Å². The molecule has 2 fully saturated rings. The lowest BCUT2D eigenvalue weighted by Gasteiger charge is -2.61. The van der Waals surface area contributed by atoms with Gasteiger partial charge in [-0.1, -0.05) is 62.1 Å². The highest BCUT2D eigenvalue weighted by Crippen LogP contribution is 2.62. The number of hydrogen-bond donors (Lipinski definition) is 1. The minimum atomic E-state index is -0.508. The van der Waals surface area contributed by atoms with E-state index in [0.717, 1.165) is 44.4 Å². The number of aliphatic hydroxyl groups is 1. The zero-order valence-corrected chi connectivity index (χ0v) is 22.1. The van der Waals surface area contributed by atoms with Gasteiger partial charge in [-0.15, -0.1) is 0 Å². The Morgan fingerprint density at radius 2 is 1.39 bits per heavy atom. The number of allylic oxidation sites excluding steroid dienone is 6. The molecule has 4 unspecified atom stereocenters. The lowest BCUT2D eigenvalue weighted by atomic mass is 9.45. The number of rotatable bonds is 9. The summed E-state index contributed by atoms with van der Waals surface area (Å²) >= 11 is 0. The molecule has 0 spiro atoms. The van der Waals surface area contributed by atoms with Crippen LogP contribution in [0.5, 0.6) is 0 Å². The third kappa shape index (κ3) is 7.08. The van der Waals surface area contributed by atoms with Crippen molar-refractivity contribution in [1.29, 1.82) is 0 Å². The van der Waals surface area contributed by atoms with Crippen LogP contribution in [-0.4, -0.2) is 10.7 Å². The molecule has 0 aromatic heterocycles. The Morgan fingerprint density at radius 1 is 0.806 bits per heavy atom. The van der Waals surface area contributed by atoms with Gasteiger partial charge >= 0.3 is 0 Å². The number of fused-ring (bicyclic) bond motifs is 1. The largest absolute Gasteiger partial charge is 0.390 e. The van der Waals surface area contributed by atoms with E-state index in [4.69, 9.17) is 0 Å². The van der Waals surface area contributed by atoms with Crippen molar-refractivity contribution in [1.82, 2.24) is 0 Å². The van der Waals surface area contributed by atoms with Crippen molar-refractivity contribution in [3.63, 3.8) is 0 Å². The lowest BCUT2D eigenvalue weighted by Crippen LogP contribution is -2.57. The molecule has 1 N–H and O–H groups in total. The van der Waals surface area contributed by atoms with Crippen LogP contribution in [0, 0.1) is 22.7 Å². The molecule has 0 heterocycles. The highest BCUT2D eigenvalue weighted by atomic mass is 16.3. The Kier molecular flexibility index (Phi) is 9.26. The summed E-state index contributed by atoms with van der Waals surface area (Å²) < 4.78 is 0. The minimum absolute atomic E-state index is 0.288. The Hall–Kier alpha value is -0.820. The summed E-state index contributed by atoms with van der Waals surface area (Å²) in [7, 11) is 0. The molecular formula is C30H52O. The summed E-state index contributed by atoms with van der Waals surface area (Å²) in [5, 5.41) is 11.3. The molecule has 178 valence electrons. The standard InChI is InChI=1S/C30H52O/c1-23(2)13-9-14-24(3)15-10-16-25(4)17-11-18-27-29(7)21-12-20-28(5,6)26(29)19-22-30(27,8)31/h13,15,17,26-27,31H,9-12,14,16,18-22H2,1-8H3. The van der Waals surface area contributed by atoms with Crippen LogP contribution in [0.15, 0.2) is 34.9 Å². The van der Waals surface area contributed by atoms with Crippen molar-refractivity contribution in [2.45, 2.75) is 132 Å². The van der Waals surface area contributed by atoms with Gasteiger partial charge in [0.15, 0.2) is 0 Å². The van der Waals surface area contributed by atoms with E-state index in [2.05, 4.69) is 73.6 Å². The third-order valence-corrected chi connectivity index (χ3v) is 8.83. The molecule has 0 aliphatic heterocycles. The second kappa shape index (κ2) is 10.9.